The van der Waals surface area contributed by atoms with Gasteiger partial charge in [0.25, 0.3) is 0 Å². The fourth-order valence-corrected chi connectivity index (χ4v) is 1.58. The van der Waals surface area contributed by atoms with Crippen LogP contribution in [0, 0.1) is 0 Å². The Morgan fingerprint density at radius 2 is 2.06 bits per heavy atom. The van der Waals surface area contributed by atoms with Crippen LogP contribution in [0.4, 0.5) is 0 Å². The zero-order valence-corrected chi connectivity index (χ0v) is 11.7. The molecular weight excluding hydrogens is 268 g/mol. The van der Waals surface area contributed by atoms with E-state index in [1.807, 2.05) is 12.1 Å². The molecule has 0 aromatic heterocycles. The molecule has 2 nitrogen and oxygen atoms in total. The van der Waals surface area contributed by atoms with Gasteiger partial charge in [-0.2, -0.15) is 0 Å². The van der Waals surface area contributed by atoms with Crippen molar-refractivity contribution >= 4 is 15.9 Å². The zero-order chi connectivity index (χ0) is 12.0. The third-order valence-corrected chi connectivity index (χ3v) is 3.23. The molecule has 0 aliphatic heterocycles. The Morgan fingerprint density at radius 1 is 1.31 bits per heavy atom. The predicted molar refractivity (Wildman–Crippen MR) is 70.3 cm³/mol. The summed E-state index contributed by atoms with van der Waals surface area (Å²) in [5.41, 5.74) is 1.11. The number of hydrogen-bond donors (Lipinski definition) is 0. The first-order chi connectivity index (χ1) is 7.57. The maximum atomic E-state index is 5.69. The minimum atomic E-state index is -0.118. The second-order valence-corrected chi connectivity index (χ2v) is 4.90. The fraction of sp³-hybridized carbons (Fsp3) is 0.538. The van der Waals surface area contributed by atoms with Crippen LogP contribution in [0.5, 0.6) is 5.75 Å². The Hall–Kier alpha value is -0.540. The molecule has 0 N–H and O–H groups in total. The number of halogens is 1. The molecule has 0 radical (unpaired) electrons. The van der Waals surface area contributed by atoms with Crippen LogP contribution in [0.3, 0.4) is 0 Å². The molecule has 0 saturated heterocycles. The van der Waals surface area contributed by atoms with Crippen LogP contribution >= 0.6 is 15.9 Å². The van der Waals surface area contributed by atoms with E-state index in [-0.39, 0.29) is 5.60 Å². The van der Waals surface area contributed by atoms with Gasteiger partial charge < -0.3 is 9.47 Å². The molecule has 1 rings (SSSR count). The van der Waals surface area contributed by atoms with Crippen molar-refractivity contribution in [3.05, 3.63) is 29.8 Å². The topological polar surface area (TPSA) is 18.5 Å². The number of benzene rings is 1. The van der Waals surface area contributed by atoms with E-state index in [1.165, 1.54) is 5.56 Å². The average molecular weight is 287 g/mol. The average Bonchev–Trinajstić information content (AvgIpc) is 2.29. The molecule has 0 aliphatic carbocycles. The van der Waals surface area contributed by atoms with Gasteiger partial charge in [0.15, 0.2) is 0 Å². The summed E-state index contributed by atoms with van der Waals surface area (Å²) in [6.07, 6.45) is 0.877. The Labute approximate surface area is 106 Å². The predicted octanol–water partition coefficient (Wildman–Crippen LogP) is 3.78. The summed E-state index contributed by atoms with van der Waals surface area (Å²) in [4.78, 5) is 0. The zero-order valence-electron chi connectivity index (χ0n) is 10.1. The van der Waals surface area contributed by atoms with Crippen LogP contribution in [0.1, 0.15) is 25.8 Å². The van der Waals surface area contributed by atoms with Crippen molar-refractivity contribution < 1.29 is 9.47 Å². The lowest BCUT2D eigenvalue weighted by molar-refractivity contribution is 0.00545. The SMILES string of the molecule is COC(C)(C)CCOc1cccc(CBr)c1. The molecule has 0 amide bonds. The normalized spacial score (nSPS) is 11.5. The Kier molecular flexibility index (Phi) is 5.29. The lowest BCUT2D eigenvalue weighted by atomic mass is 10.1. The van der Waals surface area contributed by atoms with Gasteiger partial charge in [-0.1, -0.05) is 28.1 Å². The van der Waals surface area contributed by atoms with Gasteiger partial charge in [0.2, 0.25) is 0 Å². The highest BCUT2D eigenvalue weighted by Crippen LogP contribution is 2.18. The molecule has 90 valence electrons. The summed E-state index contributed by atoms with van der Waals surface area (Å²) < 4.78 is 11.0. The molecule has 0 saturated carbocycles. The number of rotatable bonds is 6. The van der Waals surface area contributed by atoms with Gasteiger partial charge >= 0.3 is 0 Å². The van der Waals surface area contributed by atoms with Gasteiger partial charge in [0.1, 0.15) is 5.75 Å². The van der Waals surface area contributed by atoms with Crippen LogP contribution in [0.15, 0.2) is 24.3 Å². The quantitative estimate of drug-likeness (QED) is 0.741. The van der Waals surface area contributed by atoms with E-state index >= 15 is 0 Å². The van der Waals surface area contributed by atoms with E-state index in [4.69, 9.17) is 9.47 Å². The van der Waals surface area contributed by atoms with E-state index in [2.05, 4.69) is 41.9 Å². The van der Waals surface area contributed by atoms with E-state index in [9.17, 15) is 0 Å². The molecule has 0 heterocycles. The lowest BCUT2D eigenvalue weighted by Crippen LogP contribution is -2.25. The van der Waals surface area contributed by atoms with Gasteiger partial charge in [0.05, 0.1) is 12.2 Å². The number of alkyl halides is 1. The second-order valence-electron chi connectivity index (χ2n) is 4.34. The van der Waals surface area contributed by atoms with Crippen molar-refractivity contribution in [2.75, 3.05) is 13.7 Å². The highest BCUT2D eigenvalue weighted by atomic mass is 79.9. The van der Waals surface area contributed by atoms with Crippen molar-refractivity contribution in [3.8, 4) is 5.75 Å². The minimum absolute atomic E-state index is 0.118. The van der Waals surface area contributed by atoms with Gasteiger partial charge in [-0.25, -0.2) is 0 Å². The number of methoxy groups -OCH3 is 1. The minimum Gasteiger partial charge on any atom is -0.493 e. The van der Waals surface area contributed by atoms with E-state index in [0.29, 0.717) is 6.61 Å². The third kappa shape index (κ3) is 4.54. The standard InChI is InChI=1S/C13H19BrO2/c1-13(2,15-3)7-8-16-12-6-4-5-11(9-12)10-14/h4-6,9H,7-8,10H2,1-3H3. The molecule has 0 spiro atoms. The lowest BCUT2D eigenvalue weighted by Gasteiger charge is -2.22. The highest BCUT2D eigenvalue weighted by Gasteiger charge is 2.15. The monoisotopic (exact) mass is 286 g/mol. The molecule has 0 bridgehead atoms. The van der Waals surface area contributed by atoms with Crippen molar-refractivity contribution in [2.45, 2.75) is 31.2 Å². The fourth-order valence-electron chi connectivity index (χ4n) is 1.24. The molecule has 1 aromatic carbocycles. The van der Waals surface area contributed by atoms with Crippen molar-refractivity contribution in [1.82, 2.24) is 0 Å². The molecule has 0 unspecified atom stereocenters. The summed E-state index contributed by atoms with van der Waals surface area (Å²) in [7, 11) is 1.73. The molecular formula is C13H19BrO2. The van der Waals surface area contributed by atoms with Gasteiger partial charge in [-0.15, -0.1) is 0 Å². The molecule has 3 heteroatoms. The summed E-state index contributed by atoms with van der Waals surface area (Å²) in [6, 6.07) is 8.11. The first-order valence-electron chi connectivity index (χ1n) is 5.40. The maximum absolute atomic E-state index is 5.69. The van der Waals surface area contributed by atoms with Crippen LogP contribution in [0.2, 0.25) is 0 Å². The largest absolute Gasteiger partial charge is 0.493 e. The molecule has 0 fully saturated rings. The van der Waals surface area contributed by atoms with Crippen LogP contribution in [-0.4, -0.2) is 19.3 Å². The third-order valence-electron chi connectivity index (χ3n) is 2.58. The molecule has 0 atom stereocenters. The molecule has 0 aliphatic rings. The van der Waals surface area contributed by atoms with E-state index in [1.54, 1.807) is 7.11 Å². The maximum Gasteiger partial charge on any atom is 0.119 e. The van der Waals surface area contributed by atoms with Gasteiger partial charge in [-0.3, -0.25) is 0 Å². The number of ether oxygens (including phenoxy) is 2. The molecule has 1 aromatic rings. The van der Waals surface area contributed by atoms with Crippen molar-refractivity contribution in [1.29, 1.82) is 0 Å². The summed E-state index contributed by atoms with van der Waals surface area (Å²) >= 11 is 3.43. The Balaban J connectivity index is 2.42. The first kappa shape index (κ1) is 13.5. The van der Waals surface area contributed by atoms with Crippen LogP contribution in [0.25, 0.3) is 0 Å². The van der Waals surface area contributed by atoms with E-state index < -0.39 is 0 Å². The smallest absolute Gasteiger partial charge is 0.119 e. The summed E-state index contributed by atoms with van der Waals surface area (Å²) in [6.45, 7) is 4.79. The van der Waals surface area contributed by atoms with Crippen LogP contribution < -0.4 is 4.74 Å². The summed E-state index contributed by atoms with van der Waals surface area (Å²) in [5.74, 6) is 0.920. The molecule has 16 heavy (non-hydrogen) atoms. The Morgan fingerprint density at radius 3 is 2.69 bits per heavy atom. The van der Waals surface area contributed by atoms with Crippen LogP contribution in [-0.2, 0) is 10.1 Å². The van der Waals surface area contributed by atoms with Gasteiger partial charge in [0, 0.05) is 18.9 Å². The highest BCUT2D eigenvalue weighted by molar-refractivity contribution is 9.08. The van der Waals surface area contributed by atoms with E-state index in [0.717, 1.165) is 17.5 Å². The Bertz CT molecular complexity index is 323. The number of hydrogen-bond acceptors (Lipinski definition) is 2. The van der Waals surface area contributed by atoms with Gasteiger partial charge in [-0.05, 0) is 31.5 Å². The van der Waals surface area contributed by atoms with Crippen molar-refractivity contribution in [3.63, 3.8) is 0 Å². The summed E-state index contributed by atoms with van der Waals surface area (Å²) in [5, 5.41) is 0.855. The van der Waals surface area contributed by atoms with Crippen molar-refractivity contribution in [2.24, 2.45) is 0 Å². The second kappa shape index (κ2) is 6.26. The first-order valence-corrected chi connectivity index (χ1v) is 6.52.